The fourth-order valence-electron chi connectivity index (χ4n) is 1.51. The first kappa shape index (κ1) is 15.7. The number of nitrogens with two attached hydrogens (primary N) is 1. The second-order valence-electron chi connectivity index (χ2n) is 4.50. The van der Waals surface area contributed by atoms with E-state index in [0.29, 0.717) is 0 Å². The summed E-state index contributed by atoms with van der Waals surface area (Å²) in [7, 11) is 0. The van der Waals surface area contributed by atoms with Crippen molar-refractivity contribution in [2.75, 3.05) is 13.2 Å². The van der Waals surface area contributed by atoms with Crippen LogP contribution in [0.2, 0.25) is 0 Å². The van der Waals surface area contributed by atoms with Gasteiger partial charge in [0.2, 0.25) is 5.91 Å². The van der Waals surface area contributed by atoms with E-state index in [1.165, 1.54) is 0 Å². The van der Waals surface area contributed by atoms with E-state index in [1.54, 1.807) is 0 Å². The Morgan fingerprint density at radius 2 is 1.90 bits per heavy atom. The van der Waals surface area contributed by atoms with Crippen molar-refractivity contribution in [3.8, 4) is 0 Å². The number of rotatable bonds is 6. The molecule has 0 bridgehead atoms. The average Bonchev–Trinajstić information content (AvgIpc) is 2.38. The summed E-state index contributed by atoms with van der Waals surface area (Å²) in [6, 6.07) is 5.68. The van der Waals surface area contributed by atoms with Crippen molar-refractivity contribution >= 4 is 17.8 Å². The maximum absolute atomic E-state index is 11.6. The number of benzene rings is 1. The molecule has 0 spiro atoms. The fraction of sp³-hybridized carbons (Fsp3) is 0.357. The number of hydrogen-bond donors (Lipinski definition) is 2. The van der Waals surface area contributed by atoms with Gasteiger partial charge in [-0.2, -0.15) is 0 Å². The number of primary amides is 1. The summed E-state index contributed by atoms with van der Waals surface area (Å²) >= 11 is 0. The maximum atomic E-state index is 11.6. The molecule has 0 saturated carbocycles. The molecule has 0 atom stereocenters. The molecular formula is C14H18N2O4. The summed E-state index contributed by atoms with van der Waals surface area (Å²) in [5.74, 6) is -1.71. The van der Waals surface area contributed by atoms with Gasteiger partial charge in [0.25, 0.3) is 5.91 Å². The smallest absolute Gasteiger partial charge is 0.310 e. The van der Waals surface area contributed by atoms with E-state index in [9.17, 15) is 14.4 Å². The summed E-state index contributed by atoms with van der Waals surface area (Å²) in [4.78, 5) is 33.2. The Hall–Kier alpha value is -2.37. The molecule has 6 nitrogen and oxygen atoms in total. The molecular weight excluding hydrogens is 260 g/mol. The van der Waals surface area contributed by atoms with Crippen molar-refractivity contribution in [2.24, 2.45) is 5.73 Å². The molecule has 3 N–H and O–H groups in total. The largest absolute Gasteiger partial charge is 0.455 e. The summed E-state index contributed by atoms with van der Waals surface area (Å²) in [6.07, 6.45) is 0.101. The second kappa shape index (κ2) is 7.28. The Morgan fingerprint density at radius 3 is 2.50 bits per heavy atom. The lowest BCUT2D eigenvalue weighted by molar-refractivity contribution is -0.147. The zero-order valence-electron chi connectivity index (χ0n) is 11.6. The highest BCUT2D eigenvalue weighted by molar-refractivity contribution is 5.85. The Balaban J connectivity index is 2.38. The zero-order chi connectivity index (χ0) is 15.1. The number of aryl methyl sites for hydroxylation is 2. The number of amides is 2. The van der Waals surface area contributed by atoms with Crippen molar-refractivity contribution in [1.82, 2.24) is 5.32 Å². The SMILES string of the molecule is Cc1ccc(CC(=O)OCC(=O)NCC(N)=O)cc1C. The van der Waals surface area contributed by atoms with Gasteiger partial charge in [0.15, 0.2) is 6.61 Å². The maximum Gasteiger partial charge on any atom is 0.310 e. The van der Waals surface area contributed by atoms with Crippen molar-refractivity contribution in [3.05, 3.63) is 34.9 Å². The molecule has 108 valence electrons. The third-order valence-corrected chi connectivity index (χ3v) is 2.74. The van der Waals surface area contributed by atoms with E-state index in [1.807, 2.05) is 32.0 Å². The number of esters is 1. The van der Waals surface area contributed by atoms with Crippen molar-refractivity contribution in [3.63, 3.8) is 0 Å². The van der Waals surface area contributed by atoms with Crippen LogP contribution in [-0.4, -0.2) is 30.9 Å². The molecule has 0 fully saturated rings. The van der Waals surface area contributed by atoms with Crippen molar-refractivity contribution < 1.29 is 19.1 Å². The highest BCUT2D eigenvalue weighted by atomic mass is 16.5. The molecule has 0 unspecified atom stereocenters. The Labute approximate surface area is 117 Å². The number of carbonyl (C=O) groups is 3. The first-order chi connectivity index (χ1) is 9.38. The van der Waals surface area contributed by atoms with Gasteiger partial charge in [0, 0.05) is 0 Å². The van der Waals surface area contributed by atoms with Crippen LogP contribution in [0.25, 0.3) is 0 Å². The van der Waals surface area contributed by atoms with Crippen LogP contribution in [0.4, 0.5) is 0 Å². The standard InChI is InChI=1S/C14H18N2O4/c1-9-3-4-11(5-10(9)2)6-14(19)20-8-13(18)16-7-12(15)17/h3-5H,6-8H2,1-2H3,(H2,15,17)(H,16,18). The number of ether oxygens (including phenoxy) is 1. The Kier molecular flexibility index (Phi) is 5.71. The number of carbonyl (C=O) groups excluding carboxylic acids is 3. The molecule has 2 amide bonds. The van der Waals surface area contributed by atoms with Gasteiger partial charge in [-0.25, -0.2) is 0 Å². The van der Waals surface area contributed by atoms with Crippen LogP contribution in [0.15, 0.2) is 18.2 Å². The van der Waals surface area contributed by atoms with E-state index < -0.39 is 24.4 Å². The van der Waals surface area contributed by atoms with Crippen LogP contribution in [0.1, 0.15) is 16.7 Å². The van der Waals surface area contributed by atoms with Gasteiger partial charge in [0.1, 0.15) is 0 Å². The van der Waals surface area contributed by atoms with Gasteiger partial charge in [-0.3, -0.25) is 14.4 Å². The quantitative estimate of drug-likeness (QED) is 0.715. The molecule has 6 heteroatoms. The zero-order valence-corrected chi connectivity index (χ0v) is 11.6. The van der Waals surface area contributed by atoms with Crippen molar-refractivity contribution in [1.29, 1.82) is 0 Å². The highest BCUT2D eigenvalue weighted by Crippen LogP contribution is 2.10. The van der Waals surface area contributed by atoms with Crippen LogP contribution in [0, 0.1) is 13.8 Å². The number of hydrogen-bond acceptors (Lipinski definition) is 4. The minimum Gasteiger partial charge on any atom is -0.455 e. The first-order valence-corrected chi connectivity index (χ1v) is 6.15. The second-order valence-corrected chi connectivity index (χ2v) is 4.50. The first-order valence-electron chi connectivity index (χ1n) is 6.15. The molecule has 0 aliphatic heterocycles. The van der Waals surface area contributed by atoms with Crippen LogP contribution in [0.5, 0.6) is 0 Å². The van der Waals surface area contributed by atoms with Crippen LogP contribution < -0.4 is 11.1 Å². The predicted octanol–water partition coefficient (Wildman–Crippen LogP) is -0.00936. The minimum absolute atomic E-state index is 0.101. The van der Waals surface area contributed by atoms with Crippen molar-refractivity contribution in [2.45, 2.75) is 20.3 Å². The molecule has 0 aliphatic carbocycles. The topological polar surface area (TPSA) is 98.5 Å². The van der Waals surface area contributed by atoms with Gasteiger partial charge < -0.3 is 15.8 Å². The summed E-state index contributed by atoms with van der Waals surface area (Å²) in [6.45, 7) is 3.26. The Bertz CT molecular complexity index is 526. The van der Waals surface area contributed by atoms with Crippen LogP contribution in [0.3, 0.4) is 0 Å². The van der Waals surface area contributed by atoms with E-state index in [4.69, 9.17) is 10.5 Å². The average molecular weight is 278 g/mol. The van der Waals surface area contributed by atoms with E-state index >= 15 is 0 Å². The summed E-state index contributed by atoms with van der Waals surface area (Å²) in [5, 5.41) is 2.23. The molecule has 0 aliphatic rings. The Morgan fingerprint density at radius 1 is 1.20 bits per heavy atom. The normalized spacial score (nSPS) is 9.90. The predicted molar refractivity (Wildman–Crippen MR) is 72.8 cm³/mol. The monoisotopic (exact) mass is 278 g/mol. The third kappa shape index (κ3) is 5.51. The third-order valence-electron chi connectivity index (χ3n) is 2.74. The van der Waals surface area contributed by atoms with Crippen LogP contribution >= 0.6 is 0 Å². The van der Waals surface area contributed by atoms with Gasteiger partial charge in [-0.1, -0.05) is 18.2 Å². The van der Waals surface area contributed by atoms with Gasteiger partial charge >= 0.3 is 5.97 Å². The summed E-state index contributed by atoms with van der Waals surface area (Å²) < 4.78 is 4.81. The molecule has 1 aromatic carbocycles. The highest BCUT2D eigenvalue weighted by Gasteiger charge is 2.09. The van der Waals surface area contributed by atoms with Gasteiger partial charge in [-0.05, 0) is 30.5 Å². The summed E-state index contributed by atoms with van der Waals surface area (Å²) in [5.41, 5.74) is 7.93. The van der Waals surface area contributed by atoms with Gasteiger partial charge in [-0.15, -0.1) is 0 Å². The molecule has 1 aromatic rings. The molecule has 0 aromatic heterocycles. The molecule has 1 rings (SSSR count). The van der Waals surface area contributed by atoms with Crippen LogP contribution in [-0.2, 0) is 25.5 Å². The van der Waals surface area contributed by atoms with E-state index in [2.05, 4.69) is 5.32 Å². The van der Waals surface area contributed by atoms with E-state index in [0.717, 1.165) is 16.7 Å². The molecule has 0 radical (unpaired) electrons. The molecule has 0 saturated heterocycles. The number of nitrogens with one attached hydrogen (secondary N) is 1. The lowest BCUT2D eigenvalue weighted by atomic mass is 10.0. The minimum atomic E-state index is -0.653. The van der Waals surface area contributed by atoms with E-state index in [-0.39, 0.29) is 13.0 Å². The molecule has 20 heavy (non-hydrogen) atoms. The lowest BCUT2D eigenvalue weighted by Crippen LogP contribution is -2.36. The lowest BCUT2D eigenvalue weighted by Gasteiger charge is -2.07. The fourth-order valence-corrected chi connectivity index (χ4v) is 1.51. The van der Waals surface area contributed by atoms with Gasteiger partial charge in [0.05, 0.1) is 13.0 Å². The molecule has 0 heterocycles.